The second-order valence-electron chi connectivity index (χ2n) is 6.73. The number of hydrogen-bond acceptors (Lipinski definition) is 2. The maximum Gasteiger partial charge on any atom is 0.240 e. The van der Waals surface area contributed by atoms with Gasteiger partial charge in [0.15, 0.2) is 0 Å². The first-order chi connectivity index (χ1) is 12.4. The minimum Gasteiger partial charge on any atom is -0.337 e. The Morgan fingerprint density at radius 2 is 1.81 bits per heavy atom. The van der Waals surface area contributed by atoms with E-state index in [2.05, 4.69) is 17.0 Å². The van der Waals surface area contributed by atoms with Crippen LogP contribution in [0.25, 0.3) is 0 Å². The number of benzene rings is 2. The van der Waals surface area contributed by atoms with Crippen LogP contribution in [0.15, 0.2) is 42.5 Å². The number of hydrogen-bond donors (Lipinski definition) is 1. The number of carbonyl (C=O) groups excluding carboxylic acids is 1. The number of carbonyl (C=O) groups is 1. The van der Waals surface area contributed by atoms with Gasteiger partial charge in [0.1, 0.15) is 0 Å². The predicted octanol–water partition coefficient (Wildman–Crippen LogP) is 5.55. The Balaban J connectivity index is 1.96. The van der Waals surface area contributed by atoms with Gasteiger partial charge in [-0.3, -0.25) is 4.79 Å². The highest BCUT2D eigenvalue weighted by atomic mass is 35.5. The summed E-state index contributed by atoms with van der Waals surface area (Å²) in [6.45, 7) is 1.76. The quantitative estimate of drug-likeness (QED) is 0.669. The fourth-order valence-electron chi connectivity index (χ4n) is 3.75. The van der Waals surface area contributed by atoms with Gasteiger partial charge in [-0.15, -0.1) is 0 Å². The molecule has 26 heavy (non-hydrogen) atoms. The van der Waals surface area contributed by atoms with Gasteiger partial charge in [0.2, 0.25) is 5.91 Å². The van der Waals surface area contributed by atoms with Crippen molar-refractivity contribution in [2.45, 2.75) is 37.8 Å². The summed E-state index contributed by atoms with van der Waals surface area (Å²) in [6, 6.07) is 13.7. The first kappa shape index (κ1) is 19.5. The van der Waals surface area contributed by atoms with E-state index in [4.69, 9.17) is 35.0 Å². The van der Waals surface area contributed by atoms with E-state index in [-0.39, 0.29) is 17.9 Å². The van der Waals surface area contributed by atoms with Crippen LogP contribution in [0.3, 0.4) is 0 Å². The Hall–Kier alpha value is -1.26. The van der Waals surface area contributed by atoms with Crippen molar-refractivity contribution < 1.29 is 4.79 Å². The number of likely N-dealkylation sites (N-methyl/N-ethyl adjacent to an activating group) is 1. The topological polar surface area (TPSA) is 32.3 Å². The molecule has 2 aromatic rings. The standard InChI is InChI=1S/C20H21Cl3N2O/c1-12(24-23)20(26)25(2)19-10-8-14(15-5-3-4-6-16(15)19)13-7-9-17(21)18(22)11-13/h3-7,9,11-12,14,19,24H,8,10H2,1-2H3/t12-,14-,19-/m0/s1. The fourth-order valence-corrected chi connectivity index (χ4v) is 4.15. The van der Waals surface area contributed by atoms with Crippen LogP contribution in [-0.2, 0) is 4.79 Å². The van der Waals surface area contributed by atoms with Crippen LogP contribution in [0.5, 0.6) is 0 Å². The summed E-state index contributed by atoms with van der Waals surface area (Å²) in [7, 11) is 1.84. The van der Waals surface area contributed by atoms with E-state index in [1.165, 1.54) is 11.1 Å². The third-order valence-corrected chi connectivity index (χ3v) is 6.22. The van der Waals surface area contributed by atoms with Crippen molar-refractivity contribution in [2.24, 2.45) is 0 Å². The van der Waals surface area contributed by atoms with Gasteiger partial charge in [-0.05, 0) is 60.4 Å². The SMILES string of the molecule is C[C@H](NCl)C(=O)N(C)[C@H]1CC[C@@H](c2ccc(Cl)c(Cl)c2)c2ccccc21. The second-order valence-corrected chi connectivity index (χ2v) is 7.76. The molecule has 0 saturated heterocycles. The summed E-state index contributed by atoms with van der Waals surface area (Å²) in [5.41, 5.74) is 3.55. The van der Waals surface area contributed by atoms with Crippen LogP contribution >= 0.6 is 35.0 Å². The maximum atomic E-state index is 12.6. The minimum absolute atomic E-state index is 0.0206. The van der Waals surface area contributed by atoms with Gasteiger partial charge in [0.25, 0.3) is 0 Å². The summed E-state index contributed by atoms with van der Waals surface area (Å²) in [5.74, 6) is 0.220. The lowest BCUT2D eigenvalue weighted by atomic mass is 9.76. The summed E-state index contributed by atoms with van der Waals surface area (Å²) >= 11 is 17.9. The zero-order valence-electron chi connectivity index (χ0n) is 14.7. The molecule has 2 aromatic carbocycles. The third-order valence-electron chi connectivity index (χ3n) is 5.15. The monoisotopic (exact) mass is 410 g/mol. The molecule has 3 nitrogen and oxygen atoms in total. The van der Waals surface area contributed by atoms with Crippen LogP contribution in [-0.4, -0.2) is 23.9 Å². The zero-order valence-corrected chi connectivity index (χ0v) is 16.9. The van der Waals surface area contributed by atoms with E-state index in [1.807, 2.05) is 37.4 Å². The van der Waals surface area contributed by atoms with Crippen molar-refractivity contribution in [3.63, 3.8) is 0 Å². The molecule has 1 aliphatic carbocycles. The molecule has 1 N–H and O–H groups in total. The van der Waals surface area contributed by atoms with Crippen molar-refractivity contribution in [2.75, 3.05) is 7.05 Å². The largest absolute Gasteiger partial charge is 0.337 e. The molecule has 0 unspecified atom stereocenters. The molecule has 1 amide bonds. The Morgan fingerprint density at radius 3 is 2.46 bits per heavy atom. The lowest BCUT2D eigenvalue weighted by molar-refractivity contribution is -0.133. The number of nitrogens with one attached hydrogen (secondary N) is 1. The lowest BCUT2D eigenvalue weighted by Crippen LogP contribution is -2.42. The number of nitrogens with zero attached hydrogens (tertiary/aromatic N) is 1. The van der Waals surface area contributed by atoms with Crippen LogP contribution < -0.4 is 4.84 Å². The number of rotatable bonds is 4. The molecule has 0 heterocycles. The molecule has 0 saturated carbocycles. The van der Waals surface area contributed by atoms with E-state index in [0.29, 0.717) is 10.0 Å². The summed E-state index contributed by atoms with van der Waals surface area (Å²) in [4.78, 5) is 16.9. The molecule has 0 fully saturated rings. The van der Waals surface area contributed by atoms with Crippen LogP contribution in [0.4, 0.5) is 0 Å². The van der Waals surface area contributed by atoms with Crippen molar-refractivity contribution in [3.8, 4) is 0 Å². The van der Waals surface area contributed by atoms with Gasteiger partial charge >= 0.3 is 0 Å². The van der Waals surface area contributed by atoms with Crippen molar-refractivity contribution in [1.82, 2.24) is 9.74 Å². The first-order valence-electron chi connectivity index (χ1n) is 8.60. The molecular formula is C20H21Cl3N2O. The van der Waals surface area contributed by atoms with Crippen molar-refractivity contribution in [1.29, 1.82) is 0 Å². The predicted molar refractivity (Wildman–Crippen MR) is 108 cm³/mol. The molecule has 138 valence electrons. The minimum atomic E-state index is -0.429. The zero-order chi connectivity index (χ0) is 18.8. The van der Waals surface area contributed by atoms with Gasteiger partial charge in [0.05, 0.1) is 22.1 Å². The number of amides is 1. The molecule has 1 aliphatic rings. The summed E-state index contributed by atoms with van der Waals surface area (Å²) < 4.78 is 0. The lowest BCUT2D eigenvalue weighted by Gasteiger charge is -2.38. The summed E-state index contributed by atoms with van der Waals surface area (Å²) in [5, 5.41) is 1.13. The van der Waals surface area contributed by atoms with E-state index in [9.17, 15) is 4.79 Å². The Kier molecular flexibility index (Phi) is 6.13. The van der Waals surface area contributed by atoms with Crippen LogP contribution in [0.1, 0.15) is 48.4 Å². The van der Waals surface area contributed by atoms with Gasteiger partial charge in [-0.1, -0.05) is 53.5 Å². The second kappa shape index (κ2) is 8.18. The van der Waals surface area contributed by atoms with Crippen molar-refractivity contribution in [3.05, 3.63) is 69.2 Å². The van der Waals surface area contributed by atoms with Crippen molar-refractivity contribution >= 4 is 40.9 Å². The van der Waals surface area contributed by atoms with Crippen LogP contribution in [0, 0.1) is 0 Å². The average Bonchev–Trinajstić information content (AvgIpc) is 2.67. The molecule has 3 atom stereocenters. The number of fused-ring (bicyclic) bond motifs is 1. The molecule has 0 aromatic heterocycles. The van der Waals surface area contributed by atoms with Gasteiger partial charge in [-0.2, -0.15) is 0 Å². The first-order valence-corrected chi connectivity index (χ1v) is 9.74. The van der Waals surface area contributed by atoms with E-state index in [1.54, 1.807) is 11.8 Å². The molecule has 0 spiro atoms. The smallest absolute Gasteiger partial charge is 0.240 e. The van der Waals surface area contributed by atoms with Gasteiger partial charge in [-0.25, -0.2) is 4.84 Å². The van der Waals surface area contributed by atoms with Crippen LogP contribution in [0.2, 0.25) is 10.0 Å². The average molecular weight is 412 g/mol. The maximum absolute atomic E-state index is 12.6. The Labute approximate surface area is 169 Å². The molecule has 3 rings (SSSR count). The number of halogens is 3. The molecule has 6 heteroatoms. The molecule has 0 radical (unpaired) electrons. The van der Waals surface area contributed by atoms with Gasteiger partial charge < -0.3 is 4.90 Å². The highest BCUT2D eigenvalue weighted by molar-refractivity contribution is 6.42. The third kappa shape index (κ3) is 3.72. The Morgan fingerprint density at radius 1 is 1.12 bits per heavy atom. The fraction of sp³-hybridized carbons (Fsp3) is 0.350. The Bertz CT molecular complexity index is 811. The summed E-state index contributed by atoms with van der Waals surface area (Å²) in [6.07, 6.45) is 1.80. The molecule has 0 aliphatic heterocycles. The van der Waals surface area contributed by atoms with E-state index >= 15 is 0 Å². The highest BCUT2D eigenvalue weighted by Gasteiger charge is 2.33. The molecule has 0 bridgehead atoms. The van der Waals surface area contributed by atoms with Gasteiger partial charge in [0, 0.05) is 13.0 Å². The normalized spacial score (nSPS) is 20.3. The molecular weight excluding hydrogens is 391 g/mol. The highest BCUT2D eigenvalue weighted by Crippen LogP contribution is 2.44. The van der Waals surface area contributed by atoms with E-state index < -0.39 is 6.04 Å². The van der Waals surface area contributed by atoms with E-state index in [0.717, 1.165) is 18.4 Å².